The Balaban J connectivity index is 1.70. The predicted octanol–water partition coefficient (Wildman–Crippen LogP) is 5.08. The van der Waals surface area contributed by atoms with E-state index in [4.69, 9.17) is 4.74 Å². The number of rotatable bonds is 5. The first kappa shape index (κ1) is 21.3. The summed E-state index contributed by atoms with van der Waals surface area (Å²) in [5.74, 6) is -0.494. The van der Waals surface area contributed by atoms with Crippen molar-refractivity contribution >= 4 is 29.4 Å². The minimum atomic E-state index is -0.344. The van der Waals surface area contributed by atoms with Gasteiger partial charge in [-0.1, -0.05) is 24.3 Å². The lowest BCUT2D eigenvalue weighted by molar-refractivity contribution is -0.114. The highest BCUT2D eigenvalue weighted by atomic mass is 16.5. The van der Waals surface area contributed by atoms with Crippen LogP contribution in [0, 0.1) is 13.8 Å². The molecule has 1 aromatic heterocycles. The fourth-order valence-corrected chi connectivity index (χ4v) is 3.90. The van der Waals surface area contributed by atoms with E-state index in [-0.39, 0.29) is 11.9 Å². The van der Waals surface area contributed by atoms with Crippen LogP contribution in [0.4, 0.5) is 5.69 Å². The monoisotopic (exact) mass is 427 g/mol. The van der Waals surface area contributed by atoms with Gasteiger partial charge < -0.3 is 9.30 Å². The van der Waals surface area contributed by atoms with Gasteiger partial charge in [0.25, 0.3) is 5.91 Å². The van der Waals surface area contributed by atoms with Crippen LogP contribution in [0.3, 0.4) is 0 Å². The van der Waals surface area contributed by atoms with E-state index in [0.717, 1.165) is 28.3 Å². The van der Waals surface area contributed by atoms with Crippen molar-refractivity contribution in [1.29, 1.82) is 0 Å². The number of carbonyl (C=O) groups excluding carboxylic acids is 2. The van der Waals surface area contributed by atoms with E-state index < -0.39 is 0 Å². The Kier molecular flexibility index (Phi) is 5.77. The average Bonchev–Trinajstić information content (AvgIpc) is 3.24. The highest BCUT2D eigenvalue weighted by Crippen LogP contribution is 2.28. The second-order valence-electron chi connectivity index (χ2n) is 7.63. The van der Waals surface area contributed by atoms with E-state index >= 15 is 0 Å². The van der Waals surface area contributed by atoms with Crippen LogP contribution in [0.1, 0.15) is 41.2 Å². The summed E-state index contributed by atoms with van der Waals surface area (Å²) in [5, 5.41) is 5.89. The molecule has 0 saturated heterocycles. The zero-order chi connectivity index (χ0) is 22.8. The summed E-state index contributed by atoms with van der Waals surface area (Å²) in [6.07, 6.45) is 1.89. The standard InChI is InChI=1S/C26H25N3O3/c1-5-32-26(31)20-10-9-13-23(15-20)28-17(2)14-21(19(28)4)16-24-18(3)27-29(25(24)30)22-11-7-6-8-12-22/h6-16H,5H2,1-4H3/b24-16+. The lowest BCUT2D eigenvalue weighted by atomic mass is 10.1. The first-order valence-electron chi connectivity index (χ1n) is 10.5. The van der Waals surface area contributed by atoms with Crippen molar-refractivity contribution in [3.8, 4) is 5.69 Å². The Morgan fingerprint density at radius 3 is 2.44 bits per heavy atom. The third kappa shape index (κ3) is 3.87. The van der Waals surface area contributed by atoms with Crippen molar-refractivity contribution in [2.75, 3.05) is 11.6 Å². The SMILES string of the molecule is CCOC(=O)c1cccc(-n2c(C)cc(/C=C3/C(=O)N(c4ccccc4)N=C3C)c2C)c1. The highest BCUT2D eigenvalue weighted by molar-refractivity contribution is 6.32. The number of amides is 1. The first-order valence-corrected chi connectivity index (χ1v) is 10.5. The molecule has 2 aromatic carbocycles. The topological polar surface area (TPSA) is 63.9 Å². The van der Waals surface area contributed by atoms with Gasteiger partial charge >= 0.3 is 5.97 Å². The molecule has 0 unspecified atom stereocenters. The largest absolute Gasteiger partial charge is 0.462 e. The van der Waals surface area contributed by atoms with Crippen molar-refractivity contribution in [3.63, 3.8) is 0 Å². The first-order chi connectivity index (χ1) is 15.4. The summed E-state index contributed by atoms with van der Waals surface area (Å²) in [6, 6.07) is 18.8. The van der Waals surface area contributed by atoms with Crippen LogP contribution in [-0.4, -0.2) is 28.8 Å². The van der Waals surface area contributed by atoms with Crippen LogP contribution in [0.2, 0.25) is 0 Å². The predicted molar refractivity (Wildman–Crippen MR) is 126 cm³/mol. The molecule has 0 radical (unpaired) electrons. The van der Waals surface area contributed by atoms with Gasteiger partial charge in [0.05, 0.1) is 29.1 Å². The molecule has 0 aliphatic carbocycles. The van der Waals surface area contributed by atoms with Crippen LogP contribution in [0.5, 0.6) is 0 Å². The zero-order valence-corrected chi connectivity index (χ0v) is 18.6. The Labute approximate surface area is 187 Å². The maximum atomic E-state index is 13.1. The molecule has 4 rings (SSSR count). The number of carbonyl (C=O) groups is 2. The van der Waals surface area contributed by atoms with Gasteiger partial charge in [0, 0.05) is 17.1 Å². The molecule has 1 amide bonds. The second-order valence-corrected chi connectivity index (χ2v) is 7.63. The van der Waals surface area contributed by atoms with Gasteiger partial charge in [0.1, 0.15) is 0 Å². The molecule has 0 fully saturated rings. The molecule has 0 saturated carbocycles. The molecular formula is C26H25N3O3. The maximum Gasteiger partial charge on any atom is 0.338 e. The van der Waals surface area contributed by atoms with Gasteiger partial charge in [-0.3, -0.25) is 4.79 Å². The van der Waals surface area contributed by atoms with Crippen molar-refractivity contribution in [2.24, 2.45) is 5.10 Å². The number of para-hydroxylation sites is 1. The molecule has 0 bridgehead atoms. The number of esters is 1. The average molecular weight is 428 g/mol. The van der Waals surface area contributed by atoms with Gasteiger partial charge in [0.15, 0.2) is 0 Å². The number of hydrogen-bond donors (Lipinski definition) is 0. The van der Waals surface area contributed by atoms with Crippen LogP contribution in [0.25, 0.3) is 11.8 Å². The van der Waals surface area contributed by atoms with Gasteiger partial charge in [-0.25, -0.2) is 4.79 Å². The number of benzene rings is 2. The number of anilines is 1. The van der Waals surface area contributed by atoms with E-state index in [9.17, 15) is 9.59 Å². The molecule has 0 N–H and O–H groups in total. The van der Waals surface area contributed by atoms with Crippen molar-refractivity contribution in [3.05, 3.63) is 88.8 Å². The van der Waals surface area contributed by atoms with Gasteiger partial charge in [-0.2, -0.15) is 10.1 Å². The molecule has 6 heteroatoms. The minimum Gasteiger partial charge on any atom is -0.462 e. The number of aromatic nitrogens is 1. The number of ether oxygens (including phenoxy) is 1. The quantitative estimate of drug-likeness (QED) is 0.421. The Morgan fingerprint density at radius 1 is 1.00 bits per heavy atom. The lowest BCUT2D eigenvalue weighted by Crippen LogP contribution is -2.21. The molecule has 32 heavy (non-hydrogen) atoms. The molecule has 6 nitrogen and oxygen atoms in total. The van der Waals surface area contributed by atoms with Gasteiger partial charge in [-0.15, -0.1) is 0 Å². The van der Waals surface area contributed by atoms with E-state index in [1.165, 1.54) is 5.01 Å². The summed E-state index contributed by atoms with van der Waals surface area (Å²) >= 11 is 0. The molecule has 3 aromatic rings. The summed E-state index contributed by atoms with van der Waals surface area (Å²) in [6.45, 7) is 7.96. The maximum absolute atomic E-state index is 13.1. The van der Waals surface area contributed by atoms with Crippen LogP contribution < -0.4 is 5.01 Å². The summed E-state index contributed by atoms with van der Waals surface area (Å²) in [4.78, 5) is 25.2. The number of hydrogen-bond acceptors (Lipinski definition) is 4. The number of nitrogens with zero attached hydrogens (tertiary/aromatic N) is 3. The smallest absolute Gasteiger partial charge is 0.338 e. The van der Waals surface area contributed by atoms with Crippen LogP contribution >= 0.6 is 0 Å². The molecule has 162 valence electrons. The Morgan fingerprint density at radius 2 is 1.72 bits per heavy atom. The second kappa shape index (κ2) is 8.67. The zero-order valence-electron chi connectivity index (χ0n) is 18.6. The highest BCUT2D eigenvalue weighted by Gasteiger charge is 2.29. The van der Waals surface area contributed by atoms with Crippen LogP contribution in [0.15, 0.2) is 71.3 Å². The fraction of sp³-hybridized carbons (Fsp3) is 0.192. The van der Waals surface area contributed by atoms with E-state index in [0.29, 0.717) is 23.5 Å². The summed E-state index contributed by atoms with van der Waals surface area (Å²) in [5.41, 5.74) is 6.24. The third-order valence-electron chi connectivity index (χ3n) is 5.45. The molecule has 0 atom stereocenters. The summed E-state index contributed by atoms with van der Waals surface area (Å²) in [7, 11) is 0. The summed E-state index contributed by atoms with van der Waals surface area (Å²) < 4.78 is 7.20. The number of aryl methyl sites for hydroxylation is 1. The molecule has 1 aliphatic rings. The van der Waals surface area contributed by atoms with Crippen molar-refractivity contribution in [2.45, 2.75) is 27.7 Å². The lowest BCUT2D eigenvalue weighted by Gasteiger charge is -2.12. The van der Waals surface area contributed by atoms with Crippen molar-refractivity contribution < 1.29 is 14.3 Å². The fourth-order valence-electron chi connectivity index (χ4n) is 3.90. The normalized spacial score (nSPS) is 14.8. The molecule has 0 spiro atoms. The third-order valence-corrected chi connectivity index (χ3v) is 5.45. The molecule has 1 aliphatic heterocycles. The Bertz CT molecular complexity index is 1250. The van der Waals surface area contributed by atoms with E-state index in [2.05, 4.69) is 9.67 Å². The Hall–Kier alpha value is -3.93. The molecular weight excluding hydrogens is 402 g/mol. The van der Waals surface area contributed by atoms with Crippen LogP contribution in [-0.2, 0) is 9.53 Å². The minimum absolute atomic E-state index is 0.150. The molecule has 2 heterocycles. The van der Waals surface area contributed by atoms with Gasteiger partial charge in [0.2, 0.25) is 0 Å². The van der Waals surface area contributed by atoms with Gasteiger partial charge in [-0.05, 0) is 75.7 Å². The van der Waals surface area contributed by atoms with E-state index in [1.54, 1.807) is 13.0 Å². The van der Waals surface area contributed by atoms with E-state index in [1.807, 2.05) is 81.4 Å². The van der Waals surface area contributed by atoms with Crippen molar-refractivity contribution in [1.82, 2.24) is 4.57 Å². The number of hydrazone groups is 1.